The molecule has 1 nitrogen and oxygen atoms in total. The van der Waals surface area contributed by atoms with Gasteiger partial charge in [-0.2, -0.15) is 0 Å². The predicted octanol–water partition coefficient (Wildman–Crippen LogP) is 6.50. The van der Waals surface area contributed by atoms with Gasteiger partial charge in [0.15, 0.2) is 0 Å². The van der Waals surface area contributed by atoms with Crippen molar-refractivity contribution in [2.45, 2.75) is 0 Å². The van der Waals surface area contributed by atoms with E-state index < -0.39 is 0 Å². The van der Waals surface area contributed by atoms with Crippen molar-refractivity contribution in [3.05, 3.63) is 88.9 Å². The van der Waals surface area contributed by atoms with Gasteiger partial charge in [0.05, 0.1) is 5.52 Å². The molecule has 1 heterocycles. The number of hydrogen-bond donors (Lipinski definition) is 0. The van der Waals surface area contributed by atoms with Gasteiger partial charge in [0, 0.05) is 30.5 Å². The number of halogens is 1. The SMILES string of the molecule is Clc1ccc(-c2cc[c-]c(-c3cc4c5c(cccc5n3)C=C4)c2)cc1.[Ir]. The summed E-state index contributed by atoms with van der Waals surface area (Å²) >= 11 is 6.00. The Labute approximate surface area is 170 Å². The van der Waals surface area contributed by atoms with E-state index in [0.29, 0.717) is 0 Å². The molecule has 4 aromatic rings. The second-order valence-corrected chi connectivity index (χ2v) is 6.61. The van der Waals surface area contributed by atoms with Gasteiger partial charge in [0.2, 0.25) is 0 Å². The molecule has 26 heavy (non-hydrogen) atoms. The van der Waals surface area contributed by atoms with Crippen LogP contribution in [0, 0.1) is 6.07 Å². The smallest absolute Gasteiger partial charge is 0.0607 e. The van der Waals surface area contributed by atoms with Crippen LogP contribution in [0.3, 0.4) is 0 Å². The van der Waals surface area contributed by atoms with Crippen molar-refractivity contribution in [1.82, 2.24) is 4.98 Å². The monoisotopic (exact) mass is 531 g/mol. The average Bonchev–Trinajstić information content (AvgIpc) is 3.07. The van der Waals surface area contributed by atoms with Crippen molar-refractivity contribution in [2.75, 3.05) is 0 Å². The third kappa shape index (κ3) is 2.91. The second-order valence-electron chi connectivity index (χ2n) is 6.17. The molecule has 0 saturated carbocycles. The Balaban J connectivity index is 0.00000168. The molecule has 127 valence electrons. The van der Waals surface area contributed by atoms with E-state index in [9.17, 15) is 0 Å². The fourth-order valence-electron chi connectivity index (χ4n) is 3.37. The molecule has 0 atom stereocenters. The van der Waals surface area contributed by atoms with E-state index in [4.69, 9.17) is 16.6 Å². The molecule has 0 saturated heterocycles. The van der Waals surface area contributed by atoms with Crippen LogP contribution in [0.25, 0.3) is 45.4 Å². The summed E-state index contributed by atoms with van der Waals surface area (Å²) in [4.78, 5) is 4.86. The fraction of sp³-hybridized carbons (Fsp3) is 0. The Bertz CT molecular complexity index is 1150. The van der Waals surface area contributed by atoms with Crippen LogP contribution < -0.4 is 0 Å². The molecule has 1 radical (unpaired) electrons. The average molecular weight is 531 g/mol. The van der Waals surface area contributed by atoms with Crippen LogP contribution in [0.1, 0.15) is 11.1 Å². The van der Waals surface area contributed by atoms with Crippen molar-refractivity contribution in [2.24, 2.45) is 0 Å². The molecule has 0 bridgehead atoms. The zero-order valence-electron chi connectivity index (χ0n) is 13.7. The number of aromatic nitrogens is 1. The summed E-state index contributed by atoms with van der Waals surface area (Å²) in [5.41, 5.74) is 7.70. The van der Waals surface area contributed by atoms with Gasteiger partial charge in [0.1, 0.15) is 0 Å². The Morgan fingerprint density at radius 1 is 0.808 bits per heavy atom. The molecular weight excluding hydrogens is 518 g/mol. The van der Waals surface area contributed by atoms with Crippen molar-refractivity contribution < 1.29 is 20.1 Å². The molecule has 0 unspecified atom stereocenters. The molecule has 5 rings (SSSR count). The van der Waals surface area contributed by atoms with E-state index in [-0.39, 0.29) is 20.1 Å². The summed E-state index contributed by atoms with van der Waals surface area (Å²) < 4.78 is 0. The molecule has 1 aliphatic rings. The summed E-state index contributed by atoms with van der Waals surface area (Å²) in [5, 5.41) is 1.98. The first-order valence-electron chi connectivity index (χ1n) is 8.18. The van der Waals surface area contributed by atoms with Crippen LogP contribution in [0.4, 0.5) is 0 Å². The number of hydrogen-bond acceptors (Lipinski definition) is 1. The van der Waals surface area contributed by atoms with Gasteiger partial charge in [-0.3, -0.25) is 4.98 Å². The quantitative estimate of drug-likeness (QED) is 0.237. The van der Waals surface area contributed by atoms with Gasteiger partial charge >= 0.3 is 0 Å². The first-order valence-corrected chi connectivity index (χ1v) is 8.56. The zero-order chi connectivity index (χ0) is 16.8. The molecule has 0 N–H and O–H groups in total. The molecule has 3 heteroatoms. The minimum atomic E-state index is 0. The largest absolute Gasteiger partial charge is 0.296 e. The van der Waals surface area contributed by atoms with Gasteiger partial charge in [-0.15, -0.1) is 35.4 Å². The molecule has 0 fully saturated rings. The van der Waals surface area contributed by atoms with E-state index in [0.717, 1.165) is 32.9 Å². The number of pyridine rings is 1. The molecule has 0 spiro atoms. The van der Waals surface area contributed by atoms with E-state index in [1.54, 1.807) is 0 Å². The summed E-state index contributed by atoms with van der Waals surface area (Å²) in [6.07, 6.45) is 4.31. The summed E-state index contributed by atoms with van der Waals surface area (Å²) in [5.74, 6) is 0. The van der Waals surface area contributed by atoms with Gasteiger partial charge in [-0.05, 0) is 40.6 Å². The van der Waals surface area contributed by atoms with Crippen LogP contribution in [0.5, 0.6) is 0 Å². The summed E-state index contributed by atoms with van der Waals surface area (Å²) in [6.45, 7) is 0. The van der Waals surface area contributed by atoms with Gasteiger partial charge in [-0.1, -0.05) is 54.1 Å². The predicted molar refractivity (Wildman–Crippen MR) is 105 cm³/mol. The van der Waals surface area contributed by atoms with Crippen molar-refractivity contribution in [1.29, 1.82) is 0 Å². The van der Waals surface area contributed by atoms with E-state index >= 15 is 0 Å². The maximum absolute atomic E-state index is 6.00. The molecule has 0 aliphatic heterocycles. The summed E-state index contributed by atoms with van der Waals surface area (Å²) in [7, 11) is 0. The molecular formula is C23H13ClIrN-. The zero-order valence-corrected chi connectivity index (χ0v) is 16.8. The van der Waals surface area contributed by atoms with Crippen LogP contribution in [0.15, 0.2) is 66.7 Å². The van der Waals surface area contributed by atoms with Crippen LogP contribution in [0.2, 0.25) is 5.02 Å². The van der Waals surface area contributed by atoms with E-state index in [2.05, 4.69) is 54.6 Å². The number of rotatable bonds is 2. The first-order chi connectivity index (χ1) is 12.3. The van der Waals surface area contributed by atoms with Gasteiger partial charge < -0.3 is 0 Å². The standard InChI is InChI=1S/C23H13ClN.Ir/c24-20-11-9-15(10-12-20)17-4-1-5-18(13-17)22-14-19-8-7-16-3-2-6-21(25-22)23(16)19;/h1-4,6-14H;/q-1;. The minimum Gasteiger partial charge on any atom is -0.296 e. The molecule has 1 aromatic heterocycles. The second kappa shape index (κ2) is 6.81. The van der Waals surface area contributed by atoms with Gasteiger partial charge in [0.25, 0.3) is 0 Å². The Morgan fingerprint density at radius 2 is 1.62 bits per heavy atom. The maximum atomic E-state index is 6.00. The van der Waals surface area contributed by atoms with Gasteiger partial charge in [-0.25, -0.2) is 0 Å². The molecule has 3 aromatic carbocycles. The van der Waals surface area contributed by atoms with Crippen LogP contribution >= 0.6 is 11.6 Å². The van der Waals surface area contributed by atoms with Crippen LogP contribution in [-0.2, 0) is 20.1 Å². The third-order valence-corrected chi connectivity index (χ3v) is 4.85. The first kappa shape index (κ1) is 17.2. The fourth-order valence-corrected chi connectivity index (χ4v) is 3.50. The Kier molecular flexibility index (Phi) is 4.50. The normalized spacial score (nSPS) is 11.6. The Hall–Kier alpha value is -2.25. The van der Waals surface area contributed by atoms with Crippen LogP contribution in [-0.4, -0.2) is 4.98 Å². The Morgan fingerprint density at radius 3 is 2.46 bits per heavy atom. The van der Waals surface area contributed by atoms with E-state index in [1.165, 1.54) is 16.5 Å². The molecule has 1 aliphatic carbocycles. The topological polar surface area (TPSA) is 12.9 Å². The molecule has 0 amide bonds. The number of benzene rings is 3. The third-order valence-electron chi connectivity index (χ3n) is 4.59. The number of nitrogens with zero attached hydrogens (tertiary/aromatic N) is 1. The van der Waals surface area contributed by atoms with Crippen molar-refractivity contribution in [3.63, 3.8) is 0 Å². The minimum absolute atomic E-state index is 0. The maximum Gasteiger partial charge on any atom is 0.0607 e. The van der Waals surface area contributed by atoms with Crippen molar-refractivity contribution in [3.8, 4) is 22.4 Å². The summed E-state index contributed by atoms with van der Waals surface area (Å²) in [6, 6.07) is 25.8. The van der Waals surface area contributed by atoms with E-state index in [1.807, 2.05) is 30.3 Å². The van der Waals surface area contributed by atoms with Crippen molar-refractivity contribution >= 4 is 34.7 Å².